The van der Waals surface area contributed by atoms with Crippen LogP contribution in [0.15, 0.2) is 24.3 Å². The minimum atomic E-state index is -1.11. The molecule has 18 heavy (non-hydrogen) atoms. The van der Waals surface area contributed by atoms with Crippen LogP contribution in [-0.4, -0.2) is 21.2 Å². The van der Waals surface area contributed by atoms with Gasteiger partial charge in [-0.1, -0.05) is 38.7 Å². The predicted octanol–water partition coefficient (Wildman–Crippen LogP) is 4.25. The Hall–Kier alpha value is -0.673. The lowest BCUT2D eigenvalue weighted by Crippen LogP contribution is -2.29. The Balaban J connectivity index is 2.72. The number of nitrogens with one attached hydrogen (secondary N) is 1. The summed E-state index contributed by atoms with van der Waals surface area (Å²) in [7, 11) is -1.11. The molecule has 1 aromatic rings. The third-order valence-electron chi connectivity index (χ3n) is 3.02. The van der Waals surface area contributed by atoms with Gasteiger partial charge >= 0.3 is 0 Å². The third-order valence-corrected chi connectivity index (χ3v) is 4.74. The zero-order valence-corrected chi connectivity index (χ0v) is 13.1. The maximum absolute atomic E-state index is 13.0. The average Bonchev–Trinajstić information content (AvgIpc) is 2.27. The van der Waals surface area contributed by atoms with Crippen molar-refractivity contribution >= 4 is 8.07 Å². The summed E-state index contributed by atoms with van der Waals surface area (Å²) < 4.78 is 13.0. The molecule has 3 heteroatoms. The van der Waals surface area contributed by atoms with E-state index in [2.05, 4.69) is 31.9 Å². The molecule has 0 amide bonds. The van der Waals surface area contributed by atoms with Gasteiger partial charge in [0, 0.05) is 14.6 Å². The van der Waals surface area contributed by atoms with E-state index in [1.54, 1.807) is 12.1 Å². The molecule has 0 saturated heterocycles. The van der Waals surface area contributed by atoms with E-state index >= 15 is 0 Å². The van der Waals surface area contributed by atoms with Crippen molar-refractivity contribution in [1.82, 2.24) is 5.32 Å². The topological polar surface area (TPSA) is 12.0 Å². The number of benzene rings is 1. The highest BCUT2D eigenvalue weighted by Crippen LogP contribution is 2.26. The smallest absolute Gasteiger partial charge is 0.123 e. The predicted molar refractivity (Wildman–Crippen MR) is 80.5 cm³/mol. The molecule has 0 aliphatic heterocycles. The van der Waals surface area contributed by atoms with Gasteiger partial charge in [0.25, 0.3) is 0 Å². The molecular weight excluding hydrogens is 241 g/mol. The number of halogens is 1. The fraction of sp³-hybridized carbons (Fsp3) is 0.600. The van der Waals surface area contributed by atoms with Crippen LogP contribution in [-0.2, 0) is 0 Å². The normalized spacial score (nSPS) is 13.6. The summed E-state index contributed by atoms with van der Waals surface area (Å²) in [5, 5.41) is 3.50. The third kappa shape index (κ3) is 5.78. The van der Waals surface area contributed by atoms with Crippen molar-refractivity contribution in [1.29, 1.82) is 0 Å². The second kappa shape index (κ2) is 7.05. The van der Waals surface area contributed by atoms with E-state index in [9.17, 15) is 4.39 Å². The summed E-state index contributed by atoms with van der Waals surface area (Å²) in [6.45, 7) is 11.4. The van der Waals surface area contributed by atoms with Gasteiger partial charge in [-0.2, -0.15) is 0 Å². The van der Waals surface area contributed by atoms with Gasteiger partial charge < -0.3 is 5.32 Å². The van der Waals surface area contributed by atoms with Crippen LogP contribution in [0.25, 0.3) is 0 Å². The average molecular weight is 267 g/mol. The second-order valence-electron chi connectivity index (χ2n) is 6.22. The van der Waals surface area contributed by atoms with E-state index in [0.29, 0.717) is 5.92 Å². The molecule has 1 rings (SSSR count). The molecule has 1 nitrogen and oxygen atoms in total. The van der Waals surface area contributed by atoms with Crippen LogP contribution in [0.1, 0.15) is 24.8 Å². The quantitative estimate of drug-likeness (QED) is 0.575. The summed E-state index contributed by atoms with van der Waals surface area (Å²) in [5.74, 6) is 0.371. The minimum Gasteiger partial charge on any atom is -0.316 e. The monoisotopic (exact) mass is 267 g/mol. The molecule has 0 saturated carbocycles. The molecular formula is C15H26FNSi. The van der Waals surface area contributed by atoms with Gasteiger partial charge in [-0.3, -0.25) is 0 Å². The fourth-order valence-electron chi connectivity index (χ4n) is 2.24. The van der Waals surface area contributed by atoms with Crippen LogP contribution < -0.4 is 5.32 Å². The Labute approximate surface area is 112 Å². The molecule has 0 bridgehead atoms. The van der Waals surface area contributed by atoms with Crippen LogP contribution in [0.2, 0.25) is 25.7 Å². The van der Waals surface area contributed by atoms with Crippen molar-refractivity contribution in [2.24, 2.45) is 0 Å². The van der Waals surface area contributed by atoms with Gasteiger partial charge in [0.1, 0.15) is 5.82 Å². The van der Waals surface area contributed by atoms with Gasteiger partial charge in [-0.25, -0.2) is 4.39 Å². The van der Waals surface area contributed by atoms with Crippen LogP contribution in [0.3, 0.4) is 0 Å². The van der Waals surface area contributed by atoms with Crippen molar-refractivity contribution in [3.63, 3.8) is 0 Å². The second-order valence-corrected chi connectivity index (χ2v) is 11.7. The van der Waals surface area contributed by atoms with Crippen LogP contribution >= 0.6 is 0 Å². The summed E-state index contributed by atoms with van der Waals surface area (Å²) in [4.78, 5) is 0. The van der Waals surface area contributed by atoms with Crippen LogP contribution in [0, 0.1) is 5.82 Å². The van der Waals surface area contributed by atoms with Gasteiger partial charge in [-0.05, 0) is 42.6 Å². The summed E-state index contributed by atoms with van der Waals surface area (Å²) in [5.41, 5.74) is 1.27. The van der Waals surface area contributed by atoms with Crippen molar-refractivity contribution < 1.29 is 4.39 Å². The molecule has 0 spiro atoms. The summed E-state index contributed by atoms with van der Waals surface area (Å²) in [6.07, 6.45) is 1.16. The number of hydrogen-bond acceptors (Lipinski definition) is 1. The maximum atomic E-state index is 13.0. The summed E-state index contributed by atoms with van der Waals surface area (Å²) >= 11 is 0. The Morgan fingerprint density at radius 2 is 1.78 bits per heavy atom. The van der Waals surface area contributed by atoms with Crippen molar-refractivity contribution in [2.75, 3.05) is 13.1 Å². The zero-order valence-electron chi connectivity index (χ0n) is 12.1. The van der Waals surface area contributed by atoms with E-state index in [-0.39, 0.29) is 5.82 Å². The lowest BCUT2D eigenvalue weighted by atomic mass is 10.0. The Morgan fingerprint density at radius 1 is 1.17 bits per heavy atom. The van der Waals surface area contributed by atoms with Gasteiger partial charge in [0.15, 0.2) is 0 Å². The first-order chi connectivity index (χ1) is 8.42. The SMILES string of the molecule is CCCNCC(C[Si](C)(C)C)c1ccc(F)cc1. The Morgan fingerprint density at radius 3 is 2.28 bits per heavy atom. The number of rotatable bonds is 7. The molecule has 0 aliphatic rings. The molecule has 1 atom stereocenters. The molecule has 0 radical (unpaired) electrons. The molecule has 102 valence electrons. The highest BCUT2D eigenvalue weighted by Gasteiger charge is 2.21. The molecule has 0 heterocycles. The molecule has 0 aromatic heterocycles. The minimum absolute atomic E-state index is 0.146. The molecule has 1 aromatic carbocycles. The van der Waals surface area contributed by atoms with Crippen LogP contribution in [0.5, 0.6) is 0 Å². The molecule has 0 aliphatic carbocycles. The van der Waals surface area contributed by atoms with E-state index < -0.39 is 8.07 Å². The van der Waals surface area contributed by atoms with Gasteiger partial charge in [-0.15, -0.1) is 0 Å². The van der Waals surface area contributed by atoms with Crippen molar-refractivity contribution in [3.05, 3.63) is 35.6 Å². The fourth-order valence-corrected chi connectivity index (χ4v) is 4.09. The molecule has 1 N–H and O–H groups in total. The Bertz CT molecular complexity index is 343. The van der Waals surface area contributed by atoms with E-state index in [1.807, 2.05) is 12.1 Å². The first-order valence-electron chi connectivity index (χ1n) is 6.88. The van der Waals surface area contributed by atoms with E-state index in [0.717, 1.165) is 19.5 Å². The first kappa shape index (κ1) is 15.4. The van der Waals surface area contributed by atoms with Crippen molar-refractivity contribution in [2.45, 2.75) is 44.9 Å². The highest BCUT2D eigenvalue weighted by molar-refractivity contribution is 6.76. The zero-order chi connectivity index (χ0) is 13.6. The lowest BCUT2D eigenvalue weighted by molar-refractivity contribution is 0.599. The van der Waals surface area contributed by atoms with Crippen molar-refractivity contribution in [3.8, 4) is 0 Å². The van der Waals surface area contributed by atoms with Gasteiger partial charge in [0.2, 0.25) is 0 Å². The highest BCUT2D eigenvalue weighted by atomic mass is 28.3. The summed E-state index contributed by atoms with van der Waals surface area (Å²) in [6, 6.07) is 8.27. The van der Waals surface area contributed by atoms with Crippen LogP contribution in [0.4, 0.5) is 4.39 Å². The standard InChI is InChI=1S/C15H26FNSi/c1-5-10-17-11-14(12-18(2,3)4)13-6-8-15(16)9-7-13/h6-9,14,17H,5,10-12H2,1-4H3. The first-order valence-corrected chi connectivity index (χ1v) is 10.6. The molecule has 1 unspecified atom stereocenters. The van der Waals surface area contributed by atoms with E-state index in [1.165, 1.54) is 11.6 Å². The van der Waals surface area contributed by atoms with Gasteiger partial charge in [0.05, 0.1) is 0 Å². The Kier molecular flexibility index (Phi) is 6.02. The molecule has 0 fully saturated rings. The lowest BCUT2D eigenvalue weighted by Gasteiger charge is -2.25. The number of hydrogen-bond donors (Lipinski definition) is 1. The largest absolute Gasteiger partial charge is 0.316 e. The van der Waals surface area contributed by atoms with E-state index in [4.69, 9.17) is 0 Å². The maximum Gasteiger partial charge on any atom is 0.123 e.